The highest BCUT2D eigenvalue weighted by atomic mass is 32.2. The van der Waals surface area contributed by atoms with Gasteiger partial charge in [-0.05, 0) is 6.07 Å². The zero-order valence-electron chi connectivity index (χ0n) is 11.9. The van der Waals surface area contributed by atoms with Crippen LogP contribution in [0.4, 0.5) is 0 Å². The summed E-state index contributed by atoms with van der Waals surface area (Å²) in [6.45, 7) is 5.83. The Morgan fingerprint density at radius 2 is 1.90 bits per heavy atom. The summed E-state index contributed by atoms with van der Waals surface area (Å²) >= 11 is 0. The number of hydrogen-bond donors (Lipinski definition) is 0. The molecule has 0 aliphatic carbocycles. The fourth-order valence-corrected chi connectivity index (χ4v) is 2.91. The molecule has 0 atom stereocenters. The predicted molar refractivity (Wildman–Crippen MR) is 77.5 cm³/mol. The number of aromatic nitrogens is 1. The number of para-hydroxylation sites is 1. The first-order valence-corrected chi connectivity index (χ1v) is 8.25. The topological polar surface area (TPSA) is 77.2 Å². The number of sulfone groups is 1. The summed E-state index contributed by atoms with van der Waals surface area (Å²) in [5.74, 6) is -0.871. The Labute approximate surface area is 117 Å². The molecule has 2 rings (SSSR count). The van der Waals surface area contributed by atoms with Crippen LogP contribution >= 0.6 is 0 Å². The van der Waals surface area contributed by atoms with Gasteiger partial charge in [0.05, 0.1) is 11.4 Å². The number of rotatable bonds is 2. The van der Waals surface area contributed by atoms with Crippen LogP contribution < -0.4 is 5.76 Å². The summed E-state index contributed by atoms with van der Waals surface area (Å²) < 4.78 is 28.1. The van der Waals surface area contributed by atoms with E-state index >= 15 is 0 Å². The fraction of sp³-hybridized carbons (Fsp3) is 0.429. The molecule has 0 saturated carbocycles. The normalized spacial score (nSPS) is 12.8. The van der Waals surface area contributed by atoms with Gasteiger partial charge in [-0.3, -0.25) is 0 Å². The Kier molecular flexibility index (Phi) is 3.46. The highest BCUT2D eigenvalue weighted by Gasteiger charge is 2.22. The van der Waals surface area contributed by atoms with E-state index in [2.05, 4.69) is 4.98 Å². The van der Waals surface area contributed by atoms with Gasteiger partial charge in [0.2, 0.25) is 0 Å². The third-order valence-electron chi connectivity index (χ3n) is 2.87. The molecule has 0 amide bonds. The summed E-state index contributed by atoms with van der Waals surface area (Å²) in [5, 5.41) is 0.679. The third kappa shape index (κ3) is 3.07. The first kappa shape index (κ1) is 14.7. The minimum absolute atomic E-state index is 0.166. The van der Waals surface area contributed by atoms with E-state index in [9.17, 15) is 13.2 Å². The molecule has 0 bridgehead atoms. The largest absolute Gasteiger partial charge is 0.439 e. The first-order valence-electron chi connectivity index (χ1n) is 6.19. The summed E-state index contributed by atoms with van der Waals surface area (Å²) in [5.41, 5.74) is 1.06. The lowest BCUT2D eigenvalue weighted by Crippen LogP contribution is -2.20. The number of benzene rings is 1. The van der Waals surface area contributed by atoms with Crippen LogP contribution in [0.15, 0.2) is 27.4 Å². The van der Waals surface area contributed by atoms with E-state index in [0.717, 1.165) is 6.26 Å². The van der Waals surface area contributed by atoms with Crippen LogP contribution in [0.25, 0.3) is 11.0 Å². The van der Waals surface area contributed by atoms with Crippen molar-refractivity contribution >= 4 is 20.8 Å². The number of fused-ring (bicyclic) bond motifs is 1. The van der Waals surface area contributed by atoms with E-state index in [4.69, 9.17) is 4.42 Å². The Hall–Kier alpha value is -1.69. The molecule has 6 heteroatoms. The molecule has 0 spiro atoms. The van der Waals surface area contributed by atoms with Crippen LogP contribution in [0.1, 0.15) is 32.0 Å². The van der Waals surface area contributed by atoms with Gasteiger partial charge >= 0.3 is 5.76 Å². The first-order chi connectivity index (χ1) is 9.08. The summed E-state index contributed by atoms with van der Waals surface area (Å²) in [6.07, 6.45) is 1.15. The van der Waals surface area contributed by atoms with E-state index in [1.54, 1.807) is 18.2 Å². The van der Waals surface area contributed by atoms with Crippen molar-refractivity contribution in [1.29, 1.82) is 0 Å². The summed E-state index contributed by atoms with van der Waals surface area (Å²) in [6, 6.07) is 5.19. The molecule has 20 heavy (non-hydrogen) atoms. The second kappa shape index (κ2) is 4.70. The van der Waals surface area contributed by atoms with Crippen LogP contribution in [0.2, 0.25) is 0 Å². The van der Waals surface area contributed by atoms with E-state index < -0.39 is 15.6 Å². The predicted octanol–water partition coefficient (Wildman–Crippen LogP) is 2.03. The van der Waals surface area contributed by atoms with Crippen molar-refractivity contribution < 1.29 is 12.8 Å². The van der Waals surface area contributed by atoms with Gasteiger partial charge in [0.25, 0.3) is 0 Å². The maximum absolute atomic E-state index is 11.6. The number of hydrogen-bond acceptors (Lipinski definition) is 5. The molecule has 0 N–H and O–H groups in total. The van der Waals surface area contributed by atoms with Crippen molar-refractivity contribution in [3.05, 3.63) is 40.0 Å². The smallest absolute Gasteiger partial charge is 0.408 e. The SMILES string of the molecule is CC(C)(C)c1nc(=O)oc2c(CS(C)(=O)=O)cccc12. The second-order valence-corrected chi connectivity index (χ2v) is 8.08. The van der Waals surface area contributed by atoms with Gasteiger partial charge in [0.15, 0.2) is 9.84 Å². The van der Waals surface area contributed by atoms with Crippen LogP contribution in [-0.4, -0.2) is 19.7 Å². The Balaban J connectivity index is 2.83. The van der Waals surface area contributed by atoms with Gasteiger partial charge in [-0.15, -0.1) is 0 Å². The average Bonchev–Trinajstić information content (AvgIpc) is 2.26. The Morgan fingerprint density at radius 1 is 1.25 bits per heavy atom. The number of nitrogens with zero attached hydrogens (tertiary/aromatic N) is 1. The van der Waals surface area contributed by atoms with Gasteiger partial charge in [0, 0.05) is 22.6 Å². The van der Waals surface area contributed by atoms with Crippen LogP contribution in [-0.2, 0) is 21.0 Å². The minimum atomic E-state index is -3.21. The lowest BCUT2D eigenvalue weighted by Gasteiger charge is -2.19. The molecular formula is C14H17NO4S. The molecule has 0 aliphatic heterocycles. The molecule has 108 valence electrons. The average molecular weight is 295 g/mol. The highest BCUT2D eigenvalue weighted by molar-refractivity contribution is 7.89. The fourth-order valence-electron chi connectivity index (χ4n) is 2.12. The van der Waals surface area contributed by atoms with Crippen molar-refractivity contribution in [3.8, 4) is 0 Å². The Bertz CT molecular complexity index is 813. The van der Waals surface area contributed by atoms with E-state index in [-0.39, 0.29) is 11.2 Å². The third-order valence-corrected chi connectivity index (χ3v) is 3.71. The standard InChI is InChI=1S/C14H17NO4S/c1-14(2,3)12-10-7-5-6-9(8-20(4,17)18)11(10)19-13(16)15-12/h5-7H,8H2,1-4H3. The highest BCUT2D eigenvalue weighted by Crippen LogP contribution is 2.29. The minimum Gasteiger partial charge on any atom is -0.408 e. The summed E-state index contributed by atoms with van der Waals surface area (Å²) in [7, 11) is -3.21. The van der Waals surface area contributed by atoms with Crippen molar-refractivity contribution in [2.24, 2.45) is 0 Å². The van der Waals surface area contributed by atoms with Crippen molar-refractivity contribution in [2.75, 3.05) is 6.26 Å². The second-order valence-electron chi connectivity index (χ2n) is 5.94. The summed E-state index contributed by atoms with van der Waals surface area (Å²) in [4.78, 5) is 15.6. The van der Waals surface area contributed by atoms with Crippen molar-refractivity contribution in [2.45, 2.75) is 31.9 Å². The van der Waals surface area contributed by atoms with Crippen molar-refractivity contribution in [3.63, 3.8) is 0 Å². The maximum atomic E-state index is 11.6. The van der Waals surface area contributed by atoms with Gasteiger partial charge in [-0.1, -0.05) is 32.9 Å². The molecular weight excluding hydrogens is 278 g/mol. The lowest BCUT2D eigenvalue weighted by molar-refractivity contribution is 0.496. The zero-order valence-corrected chi connectivity index (χ0v) is 12.7. The monoisotopic (exact) mass is 295 g/mol. The molecule has 1 aromatic carbocycles. The zero-order chi connectivity index (χ0) is 15.1. The van der Waals surface area contributed by atoms with Crippen LogP contribution in [0, 0.1) is 0 Å². The van der Waals surface area contributed by atoms with Gasteiger partial charge in [0.1, 0.15) is 5.58 Å². The Morgan fingerprint density at radius 3 is 2.45 bits per heavy atom. The molecule has 1 heterocycles. The molecule has 0 aliphatic rings. The maximum Gasteiger partial charge on any atom is 0.439 e. The van der Waals surface area contributed by atoms with Crippen molar-refractivity contribution in [1.82, 2.24) is 4.98 Å². The van der Waals surface area contributed by atoms with Crippen LogP contribution in [0.5, 0.6) is 0 Å². The van der Waals surface area contributed by atoms with E-state index in [1.807, 2.05) is 20.8 Å². The van der Waals surface area contributed by atoms with Gasteiger partial charge in [-0.2, -0.15) is 4.98 Å². The van der Waals surface area contributed by atoms with E-state index in [0.29, 0.717) is 22.2 Å². The molecule has 1 aromatic heterocycles. The lowest BCUT2D eigenvalue weighted by atomic mass is 9.89. The van der Waals surface area contributed by atoms with Gasteiger partial charge < -0.3 is 4.42 Å². The molecule has 0 radical (unpaired) electrons. The quantitative estimate of drug-likeness (QED) is 0.847. The molecule has 2 aromatic rings. The van der Waals surface area contributed by atoms with Gasteiger partial charge in [-0.25, -0.2) is 13.2 Å². The molecule has 0 unspecified atom stereocenters. The van der Waals surface area contributed by atoms with E-state index in [1.165, 1.54) is 0 Å². The molecule has 0 fully saturated rings. The van der Waals surface area contributed by atoms with Crippen LogP contribution in [0.3, 0.4) is 0 Å². The molecule has 0 saturated heterocycles. The molecule has 5 nitrogen and oxygen atoms in total.